The fourth-order valence-corrected chi connectivity index (χ4v) is 3.15. The van der Waals surface area contributed by atoms with Crippen LogP contribution in [0.5, 0.6) is 0 Å². The molecule has 1 saturated carbocycles. The Balaban J connectivity index is 1.74. The summed E-state index contributed by atoms with van der Waals surface area (Å²) in [5.41, 5.74) is 3.39. The summed E-state index contributed by atoms with van der Waals surface area (Å²) >= 11 is 0. The van der Waals surface area contributed by atoms with Crippen molar-refractivity contribution in [3.8, 4) is 0 Å². The maximum Gasteiger partial charge on any atom is 0.00673 e. The van der Waals surface area contributed by atoms with E-state index in [4.69, 9.17) is 0 Å². The monoisotopic (exact) mass is 259 g/mol. The molecule has 1 nitrogen and oxygen atoms in total. The molecule has 1 N–H and O–H groups in total. The van der Waals surface area contributed by atoms with Crippen molar-refractivity contribution in [1.29, 1.82) is 0 Å². The lowest BCUT2D eigenvalue weighted by atomic mass is 9.85. The van der Waals surface area contributed by atoms with Gasteiger partial charge in [0.1, 0.15) is 0 Å². The fraction of sp³-hybridized carbons (Fsp3) is 0.667. The van der Waals surface area contributed by atoms with Crippen molar-refractivity contribution in [2.75, 3.05) is 6.54 Å². The summed E-state index contributed by atoms with van der Waals surface area (Å²) in [6.45, 7) is 8.13. The quantitative estimate of drug-likeness (QED) is 0.786. The van der Waals surface area contributed by atoms with Crippen molar-refractivity contribution in [1.82, 2.24) is 5.32 Å². The molecule has 0 amide bonds. The number of hydrogen-bond donors (Lipinski definition) is 1. The van der Waals surface area contributed by atoms with Crippen LogP contribution in [-0.4, -0.2) is 12.6 Å². The van der Waals surface area contributed by atoms with E-state index in [1.807, 2.05) is 0 Å². The second kappa shape index (κ2) is 6.56. The summed E-state index contributed by atoms with van der Waals surface area (Å²) in [5, 5.41) is 3.77. The van der Waals surface area contributed by atoms with Crippen LogP contribution in [0.25, 0.3) is 0 Å². The van der Waals surface area contributed by atoms with Gasteiger partial charge >= 0.3 is 0 Å². The van der Waals surface area contributed by atoms with E-state index in [1.54, 1.807) is 0 Å². The van der Waals surface area contributed by atoms with Crippen LogP contribution >= 0.6 is 0 Å². The first-order valence-electron chi connectivity index (χ1n) is 7.84. The van der Waals surface area contributed by atoms with Gasteiger partial charge in [-0.3, -0.25) is 0 Å². The van der Waals surface area contributed by atoms with E-state index >= 15 is 0 Å². The molecule has 0 radical (unpaired) electrons. The van der Waals surface area contributed by atoms with Crippen LogP contribution in [0.15, 0.2) is 24.3 Å². The molecule has 0 spiro atoms. The third-order valence-electron chi connectivity index (χ3n) is 4.50. The lowest BCUT2D eigenvalue weighted by molar-refractivity contribution is 0.310. The molecule has 0 saturated heterocycles. The molecule has 0 bridgehead atoms. The van der Waals surface area contributed by atoms with Crippen LogP contribution in [0.1, 0.15) is 57.1 Å². The van der Waals surface area contributed by atoms with Crippen LogP contribution < -0.4 is 5.32 Å². The van der Waals surface area contributed by atoms with Crippen molar-refractivity contribution in [3.05, 3.63) is 35.4 Å². The van der Waals surface area contributed by atoms with E-state index in [0.717, 1.165) is 19.0 Å². The van der Waals surface area contributed by atoms with Crippen LogP contribution in [0.2, 0.25) is 0 Å². The number of nitrogens with one attached hydrogen (secondary N) is 1. The van der Waals surface area contributed by atoms with Gasteiger partial charge in [0.15, 0.2) is 0 Å². The molecule has 19 heavy (non-hydrogen) atoms. The highest BCUT2D eigenvalue weighted by molar-refractivity contribution is 5.22. The first kappa shape index (κ1) is 14.6. The molecule has 1 fully saturated rings. The van der Waals surface area contributed by atoms with E-state index < -0.39 is 0 Å². The smallest absolute Gasteiger partial charge is 0.00673 e. The van der Waals surface area contributed by atoms with Crippen molar-refractivity contribution >= 4 is 0 Å². The van der Waals surface area contributed by atoms with E-state index in [-0.39, 0.29) is 0 Å². The Morgan fingerprint density at radius 3 is 2.84 bits per heavy atom. The Bertz CT molecular complexity index is 394. The molecule has 1 unspecified atom stereocenters. The van der Waals surface area contributed by atoms with Gasteiger partial charge in [-0.15, -0.1) is 0 Å². The average Bonchev–Trinajstić information content (AvgIpc) is 2.51. The van der Waals surface area contributed by atoms with Crippen molar-refractivity contribution in [3.63, 3.8) is 0 Å². The Morgan fingerprint density at radius 2 is 2.05 bits per heavy atom. The third-order valence-corrected chi connectivity index (χ3v) is 4.50. The Labute approximate surface area is 118 Å². The lowest BCUT2D eigenvalue weighted by Crippen LogP contribution is -2.30. The summed E-state index contributed by atoms with van der Waals surface area (Å²) in [6.07, 6.45) is 8.01. The first-order valence-corrected chi connectivity index (χ1v) is 7.84. The van der Waals surface area contributed by atoms with Crippen LogP contribution in [0.4, 0.5) is 0 Å². The normalized spacial score (nSPS) is 23.0. The molecule has 1 aliphatic carbocycles. The Kier molecular flexibility index (Phi) is 5.04. The minimum Gasteiger partial charge on any atom is -0.314 e. The number of rotatable bonds is 4. The van der Waals surface area contributed by atoms with Gasteiger partial charge in [0.2, 0.25) is 0 Å². The van der Waals surface area contributed by atoms with Crippen LogP contribution in [0.3, 0.4) is 0 Å². The van der Waals surface area contributed by atoms with Gasteiger partial charge in [0.25, 0.3) is 0 Å². The SMILES string of the molecule is Cc1cccc(CCNC2CCCC(C)(C)CC2)c1. The zero-order valence-corrected chi connectivity index (χ0v) is 12.8. The summed E-state index contributed by atoms with van der Waals surface area (Å²) in [7, 11) is 0. The molecular weight excluding hydrogens is 230 g/mol. The molecular formula is C18H29N. The van der Waals surface area contributed by atoms with Gasteiger partial charge in [-0.2, -0.15) is 0 Å². The number of aryl methyl sites for hydroxylation is 1. The zero-order chi connectivity index (χ0) is 13.7. The highest BCUT2D eigenvalue weighted by Gasteiger charge is 2.23. The third kappa shape index (κ3) is 4.99. The van der Waals surface area contributed by atoms with Gasteiger partial charge in [0.05, 0.1) is 0 Å². The van der Waals surface area contributed by atoms with E-state index in [1.165, 1.54) is 43.2 Å². The van der Waals surface area contributed by atoms with Crippen molar-refractivity contribution < 1.29 is 0 Å². The minimum atomic E-state index is 0.562. The topological polar surface area (TPSA) is 12.0 Å². The molecule has 1 aliphatic rings. The van der Waals surface area contributed by atoms with E-state index in [9.17, 15) is 0 Å². The number of hydrogen-bond acceptors (Lipinski definition) is 1. The molecule has 0 heterocycles. The Morgan fingerprint density at radius 1 is 1.21 bits per heavy atom. The largest absolute Gasteiger partial charge is 0.314 e. The van der Waals surface area contributed by atoms with Gasteiger partial charge in [-0.25, -0.2) is 0 Å². The second-order valence-corrected chi connectivity index (χ2v) is 6.99. The molecule has 1 aromatic carbocycles. The molecule has 1 atom stereocenters. The fourth-order valence-electron chi connectivity index (χ4n) is 3.15. The minimum absolute atomic E-state index is 0.562. The Hall–Kier alpha value is -0.820. The van der Waals surface area contributed by atoms with Gasteiger partial charge in [-0.05, 0) is 56.6 Å². The predicted molar refractivity (Wildman–Crippen MR) is 83.5 cm³/mol. The van der Waals surface area contributed by atoms with Crippen molar-refractivity contribution in [2.24, 2.45) is 5.41 Å². The van der Waals surface area contributed by atoms with Crippen molar-refractivity contribution in [2.45, 2.75) is 65.3 Å². The summed E-state index contributed by atoms with van der Waals surface area (Å²) in [4.78, 5) is 0. The van der Waals surface area contributed by atoms with Gasteiger partial charge in [-0.1, -0.05) is 50.1 Å². The molecule has 1 aromatic rings. The molecule has 1 heteroatoms. The summed E-state index contributed by atoms with van der Waals surface area (Å²) < 4.78 is 0. The molecule has 2 rings (SSSR count). The highest BCUT2D eigenvalue weighted by atomic mass is 14.9. The van der Waals surface area contributed by atoms with Crippen LogP contribution in [0, 0.1) is 12.3 Å². The lowest BCUT2D eigenvalue weighted by Gasteiger charge is -2.22. The average molecular weight is 259 g/mol. The maximum atomic E-state index is 3.77. The van der Waals surface area contributed by atoms with Gasteiger partial charge in [0, 0.05) is 6.04 Å². The molecule has 0 aromatic heterocycles. The highest BCUT2D eigenvalue weighted by Crippen LogP contribution is 2.33. The number of benzene rings is 1. The molecule has 106 valence electrons. The standard InChI is InChI=1S/C18H29N/c1-15-6-4-7-16(14-15)10-13-19-17-8-5-11-18(2,3)12-9-17/h4,6-7,14,17,19H,5,8-13H2,1-3H3. The summed E-state index contributed by atoms with van der Waals surface area (Å²) in [5.74, 6) is 0. The molecule has 0 aliphatic heterocycles. The van der Waals surface area contributed by atoms with E-state index in [2.05, 4.69) is 50.4 Å². The summed E-state index contributed by atoms with van der Waals surface area (Å²) in [6, 6.07) is 9.62. The van der Waals surface area contributed by atoms with Crippen LogP contribution in [-0.2, 0) is 6.42 Å². The second-order valence-electron chi connectivity index (χ2n) is 6.99. The zero-order valence-electron chi connectivity index (χ0n) is 12.8. The maximum absolute atomic E-state index is 3.77. The van der Waals surface area contributed by atoms with Gasteiger partial charge < -0.3 is 5.32 Å². The first-order chi connectivity index (χ1) is 9.05. The van der Waals surface area contributed by atoms with E-state index in [0.29, 0.717) is 5.41 Å². The predicted octanol–water partition coefficient (Wildman–Crippen LogP) is 4.49.